The van der Waals surface area contributed by atoms with Crippen molar-refractivity contribution in [1.82, 2.24) is 5.09 Å². The van der Waals surface area contributed by atoms with Crippen LogP contribution in [0.4, 0.5) is 0 Å². The van der Waals surface area contributed by atoms with Crippen molar-refractivity contribution >= 4 is 14.7 Å². The van der Waals surface area contributed by atoms with E-state index in [0.29, 0.717) is 8.73 Å². The van der Waals surface area contributed by atoms with E-state index in [1.54, 1.807) is 0 Å². The Morgan fingerprint density at radius 3 is 2.56 bits per heavy atom. The van der Waals surface area contributed by atoms with Crippen LogP contribution in [0.2, 0.25) is 0 Å². The quantitative estimate of drug-likeness (QED) is 0.462. The topological polar surface area (TPSA) is 69.6 Å². The van der Waals surface area contributed by atoms with Gasteiger partial charge in [-0.2, -0.15) is 0 Å². The molecule has 0 saturated heterocycles. The van der Waals surface area contributed by atoms with E-state index in [2.05, 4.69) is 5.09 Å². The van der Waals surface area contributed by atoms with Gasteiger partial charge in [-0.1, -0.05) is 8.73 Å². The van der Waals surface area contributed by atoms with Crippen molar-refractivity contribution in [3.05, 3.63) is 0 Å². The minimum Gasteiger partial charge on any atom is -0.480 e. The largest absolute Gasteiger partial charge is 0.480 e. The van der Waals surface area contributed by atoms with E-state index in [4.69, 9.17) is 10.2 Å². The highest BCUT2D eigenvalue weighted by atomic mass is 31.1. The van der Waals surface area contributed by atoms with Crippen LogP contribution in [0.5, 0.6) is 0 Å². The van der Waals surface area contributed by atoms with Gasteiger partial charge in [0.1, 0.15) is 6.04 Å². The Hall–Kier alpha value is -0.180. The summed E-state index contributed by atoms with van der Waals surface area (Å²) in [5, 5.41) is 19.3. The second-order valence-electron chi connectivity index (χ2n) is 1.47. The van der Waals surface area contributed by atoms with E-state index >= 15 is 0 Å². The lowest BCUT2D eigenvalue weighted by atomic mass is 10.3. The average Bonchev–Trinajstić information content (AvgIpc) is 1.82. The first-order chi connectivity index (χ1) is 4.22. The lowest BCUT2D eigenvalue weighted by Crippen LogP contribution is -2.34. The molecule has 4 nitrogen and oxygen atoms in total. The second-order valence-corrected chi connectivity index (χ2v) is 2.26. The summed E-state index contributed by atoms with van der Waals surface area (Å²) in [5.74, 6) is -1.01. The van der Waals surface area contributed by atoms with Gasteiger partial charge in [0.2, 0.25) is 0 Å². The zero-order valence-corrected chi connectivity index (χ0v) is 6.09. The highest BCUT2D eigenvalue weighted by molar-refractivity contribution is 7.34. The Balaban J connectivity index is 3.54. The Labute approximate surface area is 55.1 Å². The molecule has 2 atom stereocenters. The summed E-state index contributed by atoms with van der Waals surface area (Å²) >= 11 is 0. The fourth-order valence-corrected chi connectivity index (χ4v) is 0.923. The molecule has 0 aromatic carbocycles. The maximum atomic E-state index is 10.1. The summed E-state index contributed by atoms with van der Waals surface area (Å²) in [6.45, 7) is 1.46. The number of aliphatic hydroxyl groups excluding tert-OH is 1. The number of carboxylic acids is 1. The smallest absolute Gasteiger partial charge is 0.323 e. The van der Waals surface area contributed by atoms with Gasteiger partial charge in [-0.3, -0.25) is 9.88 Å². The third kappa shape index (κ3) is 3.40. The van der Waals surface area contributed by atoms with Crippen molar-refractivity contribution < 1.29 is 15.0 Å². The molecule has 9 heavy (non-hydrogen) atoms. The molecule has 0 fully saturated rings. The van der Waals surface area contributed by atoms with E-state index in [0.717, 1.165) is 0 Å². The molecule has 1 unspecified atom stereocenters. The predicted octanol–water partition coefficient (Wildman–Crippen LogP) is -0.755. The Bertz CT molecular complexity index is 97.8. The van der Waals surface area contributed by atoms with E-state index < -0.39 is 12.0 Å². The number of nitrogens with one attached hydrogen (secondary N) is 1. The van der Waals surface area contributed by atoms with E-state index in [1.807, 2.05) is 6.66 Å². The number of carbonyl (C=O) groups is 1. The third-order valence-corrected chi connectivity index (χ3v) is 1.44. The molecule has 0 aliphatic heterocycles. The van der Waals surface area contributed by atoms with E-state index in [9.17, 15) is 4.79 Å². The molecule has 0 heterocycles. The number of aliphatic hydroxyl groups is 1. The van der Waals surface area contributed by atoms with E-state index in [1.165, 1.54) is 0 Å². The summed E-state index contributed by atoms with van der Waals surface area (Å²) in [7, 11) is 0.347. The molecule has 3 N–H and O–H groups in total. The number of carboxylic acid groups (broad SMARTS) is 1. The molecule has 54 valence electrons. The van der Waals surface area contributed by atoms with Gasteiger partial charge in [0.05, 0.1) is 6.61 Å². The van der Waals surface area contributed by atoms with E-state index in [-0.39, 0.29) is 6.61 Å². The van der Waals surface area contributed by atoms with Gasteiger partial charge in [-0.15, -0.1) is 0 Å². The molecular formula is C4H10NO3P. The summed E-state index contributed by atoms with van der Waals surface area (Å²) in [4.78, 5) is 10.1. The van der Waals surface area contributed by atoms with Crippen LogP contribution in [0.25, 0.3) is 0 Å². The number of hydrogen-bond acceptors (Lipinski definition) is 3. The number of rotatable bonds is 4. The van der Waals surface area contributed by atoms with Crippen LogP contribution in [0.1, 0.15) is 0 Å². The van der Waals surface area contributed by atoms with Crippen LogP contribution >= 0.6 is 8.73 Å². The summed E-state index contributed by atoms with van der Waals surface area (Å²) in [6.07, 6.45) is 0. The Kier molecular flexibility index (Phi) is 4.58. The van der Waals surface area contributed by atoms with Crippen molar-refractivity contribution in [2.75, 3.05) is 13.3 Å². The zero-order chi connectivity index (χ0) is 7.28. The summed E-state index contributed by atoms with van der Waals surface area (Å²) in [6, 6.07) is -0.798. The molecule has 0 aliphatic rings. The fourth-order valence-electron chi connectivity index (χ4n) is 0.360. The first-order valence-corrected chi connectivity index (χ1v) is 3.98. The predicted molar refractivity (Wildman–Crippen MR) is 35.9 cm³/mol. The molecule has 0 amide bonds. The molecule has 5 heteroatoms. The standard InChI is InChI=1S/C4H10NO3P/c1-9-5-3(2-6)4(7)8/h3,5-6,9H,2H2,1H3,(H,7,8)/t3-/m1/s1. The van der Waals surface area contributed by atoms with Gasteiger partial charge in [0.25, 0.3) is 0 Å². The van der Waals surface area contributed by atoms with Crippen molar-refractivity contribution in [2.24, 2.45) is 0 Å². The van der Waals surface area contributed by atoms with Gasteiger partial charge in [-0.05, 0) is 6.66 Å². The van der Waals surface area contributed by atoms with Crippen LogP contribution in [0.3, 0.4) is 0 Å². The summed E-state index contributed by atoms with van der Waals surface area (Å²) < 4.78 is 0. The third-order valence-electron chi connectivity index (χ3n) is 0.799. The SMILES string of the molecule is CPN[C@H](CO)C(=O)O. The van der Waals surface area contributed by atoms with Crippen molar-refractivity contribution in [2.45, 2.75) is 6.04 Å². The Morgan fingerprint density at radius 1 is 1.89 bits per heavy atom. The maximum Gasteiger partial charge on any atom is 0.323 e. The van der Waals surface area contributed by atoms with Crippen LogP contribution in [0, 0.1) is 0 Å². The molecule has 0 radical (unpaired) electrons. The molecule has 0 bridgehead atoms. The normalized spacial score (nSPS) is 14.4. The first-order valence-electron chi connectivity index (χ1n) is 2.48. The maximum absolute atomic E-state index is 10.1. The average molecular weight is 151 g/mol. The highest BCUT2D eigenvalue weighted by Gasteiger charge is 2.12. The van der Waals surface area contributed by atoms with Crippen molar-refractivity contribution in [1.29, 1.82) is 0 Å². The molecule has 0 saturated carbocycles. The van der Waals surface area contributed by atoms with Crippen LogP contribution in [-0.2, 0) is 4.79 Å². The number of hydrogen-bond donors (Lipinski definition) is 3. The number of aliphatic carboxylic acids is 1. The van der Waals surface area contributed by atoms with Gasteiger partial charge in [-0.25, -0.2) is 0 Å². The minimum absolute atomic E-state index is 0.347. The lowest BCUT2D eigenvalue weighted by molar-refractivity contribution is -0.139. The van der Waals surface area contributed by atoms with Gasteiger partial charge in [0.15, 0.2) is 0 Å². The first kappa shape index (κ1) is 8.82. The molecule has 0 aromatic rings. The second kappa shape index (κ2) is 4.68. The van der Waals surface area contributed by atoms with Gasteiger partial charge < -0.3 is 10.2 Å². The van der Waals surface area contributed by atoms with Gasteiger partial charge >= 0.3 is 5.97 Å². The molecule has 0 aliphatic carbocycles. The molecule has 0 aromatic heterocycles. The van der Waals surface area contributed by atoms with Crippen molar-refractivity contribution in [3.8, 4) is 0 Å². The zero-order valence-electron chi connectivity index (χ0n) is 5.09. The molecular weight excluding hydrogens is 141 g/mol. The van der Waals surface area contributed by atoms with Gasteiger partial charge in [0, 0.05) is 0 Å². The van der Waals surface area contributed by atoms with Crippen molar-refractivity contribution in [3.63, 3.8) is 0 Å². The highest BCUT2D eigenvalue weighted by Crippen LogP contribution is 1.96. The molecule has 0 spiro atoms. The van der Waals surface area contributed by atoms with Crippen LogP contribution in [0.15, 0.2) is 0 Å². The monoisotopic (exact) mass is 151 g/mol. The molecule has 0 rings (SSSR count). The van der Waals surface area contributed by atoms with Crippen LogP contribution < -0.4 is 5.09 Å². The van der Waals surface area contributed by atoms with Crippen LogP contribution in [-0.4, -0.2) is 35.5 Å². The fraction of sp³-hybridized carbons (Fsp3) is 0.750. The summed E-state index contributed by atoms with van der Waals surface area (Å²) in [5.41, 5.74) is 0. The lowest BCUT2D eigenvalue weighted by Gasteiger charge is -2.07. The minimum atomic E-state index is -1.01. The Morgan fingerprint density at radius 2 is 2.44 bits per heavy atom.